The molecule has 1 atom stereocenters. The predicted octanol–water partition coefficient (Wildman–Crippen LogP) is 3.10. The van der Waals surface area contributed by atoms with Gasteiger partial charge in [-0.25, -0.2) is 0 Å². The van der Waals surface area contributed by atoms with Crippen molar-refractivity contribution in [1.29, 1.82) is 0 Å². The molecule has 0 fully saturated rings. The van der Waals surface area contributed by atoms with E-state index < -0.39 is 0 Å². The van der Waals surface area contributed by atoms with Crippen LogP contribution in [0.15, 0.2) is 18.3 Å². The second kappa shape index (κ2) is 8.89. The van der Waals surface area contributed by atoms with Gasteiger partial charge in [-0.05, 0) is 24.5 Å². The fraction of sp³-hybridized carbons (Fsp3) is 0.643. The molecular weight excluding hydrogens is 226 g/mol. The molecule has 1 unspecified atom stereocenters. The Kier molecular flexibility index (Phi) is 7.37. The number of nitrogens with one attached hydrogen (secondary N) is 1. The van der Waals surface area contributed by atoms with Gasteiger partial charge >= 0.3 is 0 Å². The molecule has 0 aliphatic carbocycles. The van der Waals surface area contributed by atoms with Gasteiger partial charge in [-0.1, -0.05) is 33.1 Å². The summed E-state index contributed by atoms with van der Waals surface area (Å²) in [6.07, 6.45) is 6.71. The Balaban J connectivity index is 2.30. The average Bonchev–Trinajstić information content (AvgIpc) is 2.43. The molecule has 3 N–H and O–H groups in total. The number of ether oxygens (including phenoxy) is 1. The first kappa shape index (κ1) is 14.9. The second-order valence-electron chi connectivity index (χ2n) is 4.61. The Morgan fingerprint density at radius 2 is 2.28 bits per heavy atom. The molecule has 4 heteroatoms. The van der Waals surface area contributed by atoms with Crippen molar-refractivity contribution in [1.82, 2.24) is 4.98 Å². The first-order valence-corrected chi connectivity index (χ1v) is 6.79. The van der Waals surface area contributed by atoms with Gasteiger partial charge in [0.1, 0.15) is 0 Å². The normalized spacial score (nSPS) is 12.4. The lowest BCUT2D eigenvalue weighted by Gasteiger charge is -2.14. The summed E-state index contributed by atoms with van der Waals surface area (Å²) in [5, 5.41) is 0. The SMILES string of the molecule is CCCCC(CC)COCc1cc(NN)ccn1. The number of nitrogens with zero attached hydrogens (tertiary/aromatic N) is 1. The Labute approximate surface area is 110 Å². The minimum absolute atomic E-state index is 0.554. The van der Waals surface area contributed by atoms with Crippen molar-refractivity contribution in [2.45, 2.75) is 46.1 Å². The molecule has 1 aromatic rings. The van der Waals surface area contributed by atoms with Crippen LogP contribution in [-0.4, -0.2) is 11.6 Å². The van der Waals surface area contributed by atoms with Gasteiger partial charge in [-0.2, -0.15) is 0 Å². The monoisotopic (exact) mass is 251 g/mol. The number of pyridine rings is 1. The highest BCUT2D eigenvalue weighted by molar-refractivity contribution is 5.41. The third kappa shape index (κ3) is 5.47. The molecule has 1 rings (SSSR count). The molecule has 0 radical (unpaired) electrons. The zero-order valence-corrected chi connectivity index (χ0v) is 11.5. The van der Waals surface area contributed by atoms with Crippen LogP contribution >= 0.6 is 0 Å². The smallest absolute Gasteiger partial charge is 0.0888 e. The molecule has 1 aromatic heterocycles. The van der Waals surface area contributed by atoms with E-state index in [1.54, 1.807) is 6.20 Å². The summed E-state index contributed by atoms with van der Waals surface area (Å²) in [6, 6.07) is 3.74. The summed E-state index contributed by atoms with van der Waals surface area (Å²) in [4.78, 5) is 4.25. The second-order valence-corrected chi connectivity index (χ2v) is 4.61. The number of nitrogens with two attached hydrogens (primary N) is 1. The van der Waals surface area contributed by atoms with Crippen LogP contribution in [-0.2, 0) is 11.3 Å². The lowest BCUT2D eigenvalue weighted by molar-refractivity contribution is 0.0800. The van der Waals surface area contributed by atoms with E-state index in [2.05, 4.69) is 24.3 Å². The van der Waals surface area contributed by atoms with E-state index in [4.69, 9.17) is 10.6 Å². The van der Waals surface area contributed by atoms with Crippen molar-refractivity contribution >= 4 is 5.69 Å². The Bertz CT molecular complexity index is 331. The van der Waals surface area contributed by atoms with Crippen molar-refractivity contribution in [3.63, 3.8) is 0 Å². The van der Waals surface area contributed by atoms with Crippen LogP contribution in [0.3, 0.4) is 0 Å². The first-order valence-electron chi connectivity index (χ1n) is 6.79. The molecule has 0 spiro atoms. The van der Waals surface area contributed by atoms with Crippen LogP contribution in [0.2, 0.25) is 0 Å². The van der Waals surface area contributed by atoms with Crippen molar-refractivity contribution in [3.05, 3.63) is 24.0 Å². The quantitative estimate of drug-likeness (QED) is 0.523. The van der Waals surface area contributed by atoms with E-state index >= 15 is 0 Å². The molecule has 0 aliphatic rings. The predicted molar refractivity (Wildman–Crippen MR) is 75.0 cm³/mol. The fourth-order valence-corrected chi connectivity index (χ4v) is 1.88. The van der Waals surface area contributed by atoms with Crippen molar-refractivity contribution in [3.8, 4) is 0 Å². The number of anilines is 1. The number of hydrazine groups is 1. The van der Waals surface area contributed by atoms with Crippen LogP contribution in [0.4, 0.5) is 5.69 Å². The lowest BCUT2D eigenvalue weighted by atomic mass is 10.0. The minimum atomic E-state index is 0.554. The number of hydrogen-bond donors (Lipinski definition) is 2. The van der Waals surface area contributed by atoms with Gasteiger partial charge in [-0.3, -0.25) is 10.8 Å². The molecule has 0 aromatic carbocycles. The molecule has 0 saturated carbocycles. The Hall–Kier alpha value is -1.13. The van der Waals surface area contributed by atoms with Gasteiger partial charge in [-0.15, -0.1) is 0 Å². The van der Waals surface area contributed by atoms with E-state index in [0.29, 0.717) is 12.5 Å². The highest BCUT2D eigenvalue weighted by Crippen LogP contribution is 2.14. The zero-order valence-electron chi connectivity index (χ0n) is 11.5. The molecule has 18 heavy (non-hydrogen) atoms. The summed E-state index contributed by atoms with van der Waals surface area (Å²) < 4.78 is 5.74. The number of rotatable bonds is 9. The lowest BCUT2D eigenvalue weighted by Crippen LogP contribution is -2.10. The van der Waals surface area contributed by atoms with Crippen LogP contribution in [0, 0.1) is 5.92 Å². The van der Waals surface area contributed by atoms with Crippen molar-refractivity contribution < 1.29 is 4.74 Å². The summed E-state index contributed by atoms with van der Waals surface area (Å²) in [7, 11) is 0. The van der Waals surface area contributed by atoms with E-state index in [0.717, 1.165) is 18.0 Å². The number of unbranched alkanes of at least 4 members (excludes halogenated alkanes) is 1. The number of aromatic nitrogens is 1. The van der Waals surface area contributed by atoms with Crippen LogP contribution in [0.25, 0.3) is 0 Å². The topological polar surface area (TPSA) is 60.2 Å². The number of hydrogen-bond acceptors (Lipinski definition) is 4. The maximum absolute atomic E-state index is 5.74. The van der Waals surface area contributed by atoms with Gasteiger partial charge in [0.2, 0.25) is 0 Å². The minimum Gasteiger partial charge on any atom is -0.375 e. The molecule has 102 valence electrons. The molecule has 0 saturated heterocycles. The summed E-state index contributed by atoms with van der Waals surface area (Å²) >= 11 is 0. The van der Waals surface area contributed by atoms with Crippen LogP contribution in [0.5, 0.6) is 0 Å². The van der Waals surface area contributed by atoms with E-state index in [1.165, 1.54) is 25.7 Å². The van der Waals surface area contributed by atoms with Gasteiger partial charge in [0.25, 0.3) is 0 Å². The summed E-state index contributed by atoms with van der Waals surface area (Å²) in [5.74, 6) is 6.02. The first-order chi connectivity index (χ1) is 8.80. The van der Waals surface area contributed by atoms with E-state index in [9.17, 15) is 0 Å². The molecule has 0 amide bonds. The highest BCUT2D eigenvalue weighted by Gasteiger charge is 2.06. The Morgan fingerprint density at radius 3 is 2.94 bits per heavy atom. The third-order valence-corrected chi connectivity index (χ3v) is 3.13. The molecule has 0 aliphatic heterocycles. The molecular formula is C14H25N3O. The van der Waals surface area contributed by atoms with Gasteiger partial charge in [0, 0.05) is 12.8 Å². The standard InChI is InChI=1S/C14H25N3O/c1-3-5-6-12(4-2)10-18-11-14-9-13(17-15)7-8-16-14/h7-9,12H,3-6,10-11,15H2,1-2H3,(H,16,17). The maximum atomic E-state index is 5.74. The van der Waals surface area contributed by atoms with Crippen molar-refractivity contribution in [2.24, 2.45) is 11.8 Å². The van der Waals surface area contributed by atoms with E-state index in [-0.39, 0.29) is 0 Å². The summed E-state index contributed by atoms with van der Waals surface area (Å²) in [5.41, 5.74) is 4.39. The highest BCUT2D eigenvalue weighted by atomic mass is 16.5. The van der Waals surface area contributed by atoms with Gasteiger partial charge in [0.05, 0.1) is 18.0 Å². The zero-order chi connectivity index (χ0) is 13.2. The Morgan fingerprint density at radius 1 is 1.44 bits per heavy atom. The van der Waals surface area contributed by atoms with Crippen LogP contribution < -0.4 is 11.3 Å². The van der Waals surface area contributed by atoms with Gasteiger partial charge < -0.3 is 10.2 Å². The maximum Gasteiger partial charge on any atom is 0.0888 e. The van der Waals surface area contributed by atoms with E-state index in [1.807, 2.05) is 12.1 Å². The molecule has 4 nitrogen and oxygen atoms in total. The van der Waals surface area contributed by atoms with Crippen molar-refractivity contribution in [2.75, 3.05) is 12.0 Å². The fourth-order valence-electron chi connectivity index (χ4n) is 1.88. The summed E-state index contributed by atoms with van der Waals surface area (Å²) in [6.45, 7) is 5.82. The average molecular weight is 251 g/mol. The van der Waals surface area contributed by atoms with Gasteiger partial charge in [0.15, 0.2) is 0 Å². The number of nitrogen functional groups attached to an aromatic ring is 1. The third-order valence-electron chi connectivity index (χ3n) is 3.13. The largest absolute Gasteiger partial charge is 0.375 e. The van der Waals surface area contributed by atoms with Crippen LogP contribution in [0.1, 0.15) is 45.2 Å². The molecule has 0 bridgehead atoms. The molecule has 1 heterocycles.